The van der Waals surface area contributed by atoms with Crippen LogP contribution in [-0.4, -0.2) is 12.3 Å². The van der Waals surface area contributed by atoms with Crippen LogP contribution >= 0.6 is 12.6 Å². The van der Waals surface area contributed by atoms with Gasteiger partial charge in [-0.05, 0) is 31.1 Å². The van der Waals surface area contributed by atoms with E-state index < -0.39 is 0 Å². The van der Waals surface area contributed by atoms with E-state index in [9.17, 15) is 0 Å². The van der Waals surface area contributed by atoms with Crippen molar-refractivity contribution >= 4 is 12.6 Å². The average molecular weight is 133 g/mol. The van der Waals surface area contributed by atoms with E-state index in [4.69, 9.17) is 5.73 Å². The van der Waals surface area contributed by atoms with Crippen LogP contribution < -0.4 is 5.73 Å². The van der Waals surface area contributed by atoms with Gasteiger partial charge in [0.05, 0.1) is 0 Å². The molecule has 2 N–H and O–H groups in total. The van der Waals surface area contributed by atoms with Crippen LogP contribution in [0.15, 0.2) is 0 Å². The molecule has 0 amide bonds. The maximum absolute atomic E-state index is 5.39. The van der Waals surface area contributed by atoms with Crippen LogP contribution in [0.1, 0.15) is 19.8 Å². The summed E-state index contributed by atoms with van der Waals surface area (Å²) in [6.45, 7) is 2.98. The lowest BCUT2D eigenvalue weighted by Crippen LogP contribution is -2.10. The fourth-order valence-corrected chi connectivity index (χ4v) is 0.740. The SMILES string of the molecule is CC(CN)CCCS. The van der Waals surface area contributed by atoms with Gasteiger partial charge in [0.2, 0.25) is 0 Å². The number of nitrogens with two attached hydrogens (primary N) is 1. The van der Waals surface area contributed by atoms with E-state index in [0.29, 0.717) is 5.92 Å². The minimum Gasteiger partial charge on any atom is -0.330 e. The molecule has 0 saturated heterocycles. The lowest BCUT2D eigenvalue weighted by atomic mass is 10.1. The first-order valence-corrected chi connectivity index (χ1v) is 3.75. The maximum atomic E-state index is 5.39. The molecular weight excluding hydrogens is 118 g/mol. The summed E-state index contributed by atoms with van der Waals surface area (Å²) < 4.78 is 0. The van der Waals surface area contributed by atoms with Crippen LogP contribution in [0.2, 0.25) is 0 Å². The van der Waals surface area contributed by atoms with E-state index in [0.717, 1.165) is 12.3 Å². The minimum absolute atomic E-state index is 0.683. The van der Waals surface area contributed by atoms with Crippen molar-refractivity contribution in [1.82, 2.24) is 0 Å². The van der Waals surface area contributed by atoms with Crippen LogP contribution in [0.25, 0.3) is 0 Å². The zero-order chi connectivity index (χ0) is 6.41. The summed E-state index contributed by atoms with van der Waals surface area (Å²) in [6, 6.07) is 0. The van der Waals surface area contributed by atoms with Crippen molar-refractivity contribution in [3.63, 3.8) is 0 Å². The standard InChI is InChI=1S/C6H15NS/c1-6(5-7)3-2-4-8/h6,8H,2-5,7H2,1H3. The van der Waals surface area contributed by atoms with Crippen molar-refractivity contribution in [2.24, 2.45) is 11.7 Å². The maximum Gasteiger partial charge on any atom is -0.00515 e. The van der Waals surface area contributed by atoms with Crippen LogP contribution in [-0.2, 0) is 0 Å². The lowest BCUT2D eigenvalue weighted by molar-refractivity contribution is 0.539. The molecule has 0 fully saturated rings. The Bertz CT molecular complexity index is 47.8. The average Bonchev–Trinajstić information content (AvgIpc) is 1.83. The molecule has 2 heteroatoms. The highest BCUT2D eigenvalue weighted by molar-refractivity contribution is 7.80. The van der Waals surface area contributed by atoms with Gasteiger partial charge in [-0.3, -0.25) is 0 Å². The third-order valence-corrected chi connectivity index (χ3v) is 1.57. The van der Waals surface area contributed by atoms with Crippen LogP contribution in [0, 0.1) is 5.92 Å². The monoisotopic (exact) mass is 133 g/mol. The number of hydrogen-bond acceptors (Lipinski definition) is 2. The topological polar surface area (TPSA) is 26.0 Å². The Morgan fingerprint density at radius 1 is 1.62 bits per heavy atom. The summed E-state index contributed by atoms with van der Waals surface area (Å²) >= 11 is 4.09. The molecule has 0 aromatic carbocycles. The summed E-state index contributed by atoms with van der Waals surface area (Å²) in [5.41, 5.74) is 5.39. The highest BCUT2D eigenvalue weighted by Gasteiger charge is 1.95. The highest BCUT2D eigenvalue weighted by Crippen LogP contribution is 2.02. The first-order valence-electron chi connectivity index (χ1n) is 3.12. The first-order chi connectivity index (χ1) is 3.81. The number of hydrogen-bond donors (Lipinski definition) is 2. The van der Waals surface area contributed by atoms with Gasteiger partial charge in [-0.1, -0.05) is 6.92 Å². The molecule has 0 bridgehead atoms. The molecule has 1 unspecified atom stereocenters. The summed E-state index contributed by atoms with van der Waals surface area (Å²) in [4.78, 5) is 0. The second-order valence-corrected chi connectivity index (χ2v) is 2.65. The predicted octanol–water partition coefficient (Wildman–Crippen LogP) is 1.29. The van der Waals surface area contributed by atoms with Gasteiger partial charge in [0.1, 0.15) is 0 Å². The second-order valence-electron chi connectivity index (χ2n) is 2.21. The Morgan fingerprint density at radius 3 is 2.62 bits per heavy atom. The lowest BCUT2D eigenvalue weighted by Gasteiger charge is -2.04. The molecule has 0 aromatic rings. The number of thiol groups is 1. The zero-order valence-electron chi connectivity index (χ0n) is 5.43. The van der Waals surface area contributed by atoms with Crippen LogP contribution in [0.5, 0.6) is 0 Å². The van der Waals surface area contributed by atoms with Crippen molar-refractivity contribution < 1.29 is 0 Å². The minimum atomic E-state index is 0.683. The molecule has 0 aliphatic rings. The molecule has 1 nitrogen and oxygen atoms in total. The van der Waals surface area contributed by atoms with E-state index in [2.05, 4.69) is 19.6 Å². The molecule has 50 valence electrons. The molecule has 0 saturated carbocycles. The van der Waals surface area contributed by atoms with Gasteiger partial charge in [0, 0.05) is 0 Å². The van der Waals surface area contributed by atoms with Gasteiger partial charge in [-0.15, -0.1) is 0 Å². The van der Waals surface area contributed by atoms with Crippen molar-refractivity contribution in [3.8, 4) is 0 Å². The third-order valence-electron chi connectivity index (χ3n) is 1.26. The Morgan fingerprint density at radius 2 is 2.25 bits per heavy atom. The van der Waals surface area contributed by atoms with Crippen molar-refractivity contribution in [1.29, 1.82) is 0 Å². The van der Waals surface area contributed by atoms with E-state index in [1.165, 1.54) is 12.8 Å². The van der Waals surface area contributed by atoms with E-state index in [-0.39, 0.29) is 0 Å². The first kappa shape index (κ1) is 8.31. The zero-order valence-corrected chi connectivity index (χ0v) is 6.32. The Labute approximate surface area is 57.1 Å². The summed E-state index contributed by atoms with van der Waals surface area (Å²) in [7, 11) is 0. The largest absolute Gasteiger partial charge is 0.330 e. The molecule has 0 heterocycles. The quantitative estimate of drug-likeness (QED) is 0.555. The molecular formula is C6H15NS. The summed E-state index contributed by atoms with van der Waals surface area (Å²) in [5.74, 6) is 1.67. The van der Waals surface area contributed by atoms with Gasteiger partial charge in [0.25, 0.3) is 0 Å². The van der Waals surface area contributed by atoms with Gasteiger partial charge in [0.15, 0.2) is 0 Å². The molecule has 0 spiro atoms. The Kier molecular flexibility index (Phi) is 5.66. The Balaban J connectivity index is 2.86. The van der Waals surface area contributed by atoms with Gasteiger partial charge >= 0.3 is 0 Å². The molecule has 0 aromatic heterocycles. The predicted molar refractivity (Wildman–Crippen MR) is 41.3 cm³/mol. The van der Waals surface area contributed by atoms with Gasteiger partial charge in [-0.2, -0.15) is 12.6 Å². The van der Waals surface area contributed by atoms with Crippen LogP contribution in [0.4, 0.5) is 0 Å². The van der Waals surface area contributed by atoms with E-state index in [1.54, 1.807) is 0 Å². The third kappa shape index (κ3) is 4.47. The van der Waals surface area contributed by atoms with Crippen molar-refractivity contribution in [2.45, 2.75) is 19.8 Å². The second kappa shape index (κ2) is 5.45. The molecule has 0 rings (SSSR count). The molecule has 0 radical (unpaired) electrons. The normalized spacial score (nSPS) is 13.9. The van der Waals surface area contributed by atoms with Gasteiger partial charge in [-0.25, -0.2) is 0 Å². The van der Waals surface area contributed by atoms with Crippen LogP contribution in [0.3, 0.4) is 0 Å². The van der Waals surface area contributed by atoms with Crippen molar-refractivity contribution in [2.75, 3.05) is 12.3 Å². The molecule has 0 aliphatic heterocycles. The van der Waals surface area contributed by atoms with Crippen molar-refractivity contribution in [3.05, 3.63) is 0 Å². The molecule has 1 atom stereocenters. The number of rotatable bonds is 4. The summed E-state index contributed by atoms with van der Waals surface area (Å²) in [5, 5.41) is 0. The van der Waals surface area contributed by atoms with E-state index in [1.807, 2.05) is 0 Å². The van der Waals surface area contributed by atoms with Gasteiger partial charge < -0.3 is 5.73 Å². The fourth-order valence-electron chi connectivity index (χ4n) is 0.558. The molecule has 0 aliphatic carbocycles. The fraction of sp³-hybridized carbons (Fsp3) is 1.00. The summed E-state index contributed by atoms with van der Waals surface area (Å²) in [6.07, 6.45) is 2.42. The van der Waals surface area contributed by atoms with E-state index >= 15 is 0 Å². The Hall–Kier alpha value is 0.310. The highest BCUT2D eigenvalue weighted by atomic mass is 32.1. The molecule has 8 heavy (non-hydrogen) atoms. The smallest absolute Gasteiger partial charge is 0.00515 e.